The number of hydrogen-bond donors (Lipinski definition) is 0. The molecule has 1 saturated heterocycles. The molecule has 1 fully saturated rings. The zero-order valence-corrected chi connectivity index (χ0v) is 12.0. The van der Waals surface area contributed by atoms with Crippen molar-refractivity contribution in [1.82, 2.24) is 4.90 Å². The van der Waals surface area contributed by atoms with Gasteiger partial charge in [-0.3, -0.25) is 4.90 Å². The Balaban J connectivity index is 2.07. The molecule has 88 valence electrons. The van der Waals surface area contributed by atoms with Gasteiger partial charge in [0.2, 0.25) is 0 Å². The topological polar surface area (TPSA) is 12.5 Å². The molecule has 0 radical (unpaired) electrons. The number of rotatable bonds is 3. The van der Waals surface area contributed by atoms with Crippen LogP contribution in [-0.2, 0) is 6.54 Å². The minimum Gasteiger partial charge on any atom is -0.496 e. The number of hydrogen-bond acceptors (Lipinski definition) is 2. The van der Waals surface area contributed by atoms with E-state index in [1.165, 1.54) is 28.5 Å². The normalized spacial score (nSPS) is 21.3. The number of likely N-dealkylation sites (tertiary alicyclic amines) is 1. The van der Waals surface area contributed by atoms with Gasteiger partial charge < -0.3 is 4.74 Å². The summed E-state index contributed by atoms with van der Waals surface area (Å²) in [5.41, 5.74) is 1.39. The van der Waals surface area contributed by atoms with Gasteiger partial charge in [-0.1, -0.05) is 6.07 Å². The maximum Gasteiger partial charge on any atom is 0.132 e. The second-order valence-corrected chi connectivity index (χ2v) is 5.59. The van der Waals surface area contributed by atoms with Gasteiger partial charge in [-0.2, -0.15) is 0 Å². The van der Waals surface area contributed by atoms with Gasteiger partial charge in [0.25, 0.3) is 0 Å². The van der Waals surface area contributed by atoms with E-state index in [4.69, 9.17) is 4.74 Å². The maximum absolute atomic E-state index is 5.27. The lowest BCUT2D eigenvalue weighted by Gasteiger charge is -2.21. The van der Waals surface area contributed by atoms with Crippen LogP contribution in [0.4, 0.5) is 0 Å². The first kappa shape index (κ1) is 12.2. The van der Waals surface area contributed by atoms with Gasteiger partial charge in [-0.05, 0) is 66.6 Å². The zero-order valence-electron chi connectivity index (χ0n) is 9.87. The van der Waals surface area contributed by atoms with Crippen molar-refractivity contribution in [2.75, 3.05) is 13.7 Å². The van der Waals surface area contributed by atoms with Crippen LogP contribution in [0.3, 0.4) is 0 Å². The van der Waals surface area contributed by atoms with Crippen LogP contribution in [0.15, 0.2) is 18.2 Å². The van der Waals surface area contributed by atoms with Crippen LogP contribution in [0.2, 0.25) is 0 Å². The summed E-state index contributed by atoms with van der Waals surface area (Å²) in [5, 5.41) is 0. The summed E-state index contributed by atoms with van der Waals surface area (Å²) in [7, 11) is 1.72. The lowest BCUT2D eigenvalue weighted by Crippen LogP contribution is -2.26. The second kappa shape index (κ2) is 5.36. The number of benzene rings is 1. The predicted octanol–water partition coefficient (Wildman–Crippen LogP) is 3.28. The molecule has 1 aromatic carbocycles. The van der Waals surface area contributed by atoms with Crippen molar-refractivity contribution in [3.63, 3.8) is 0 Å². The Hall–Kier alpha value is -0.290. The molecule has 2 nitrogen and oxygen atoms in total. The van der Waals surface area contributed by atoms with Crippen LogP contribution in [0.5, 0.6) is 5.75 Å². The lowest BCUT2D eigenvalue weighted by atomic mass is 10.2. The summed E-state index contributed by atoms with van der Waals surface area (Å²) in [6, 6.07) is 7.20. The van der Waals surface area contributed by atoms with E-state index in [1.54, 1.807) is 7.11 Å². The van der Waals surface area contributed by atoms with E-state index in [-0.39, 0.29) is 0 Å². The van der Waals surface area contributed by atoms with E-state index < -0.39 is 0 Å². The van der Waals surface area contributed by atoms with Crippen LogP contribution in [0, 0.1) is 3.57 Å². The Morgan fingerprint density at radius 3 is 2.88 bits per heavy atom. The molecule has 3 heteroatoms. The number of halogens is 1. The molecule has 1 aliphatic heterocycles. The molecule has 0 spiro atoms. The van der Waals surface area contributed by atoms with Gasteiger partial charge in [-0.25, -0.2) is 0 Å². The average molecular weight is 331 g/mol. The molecule has 0 amide bonds. The Morgan fingerprint density at radius 1 is 1.50 bits per heavy atom. The molecule has 16 heavy (non-hydrogen) atoms. The van der Waals surface area contributed by atoms with Crippen molar-refractivity contribution in [2.24, 2.45) is 0 Å². The quantitative estimate of drug-likeness (QED) is 0.788. The molecule has 2 rings (SSSR count). The molecule has 0 N–H and O–H groups in total. The minimum absolute atomic E-state index is 0.736. The van der Waals surface area contributed by atoms with E-state index in [0.717, 1.165) is 18.3 Å². The predicted molar refractivity (Wildman–Crippen MR) is 74.8 cm³/mol. The number of nitrogens with zero attached hydrogens (tertiary/aromatic N) is 1. The van der Waals surface area contributed by atoms with Crippen LogP contribution in [-0.4, -0.2) is 24.6 Å². The van der Waals surface area contributed by atoms with Crippen molar-refractivity contribution in [3.8, 4) is 5.75 Å². The van der Waals surface area contributed by atoms with E-state index in [0.29, 0.717) is 0 Å². The van der Waals surface area contributed by atoms with E-state index in [2.05, 4.69) is 52.6 Å². The van der Waals surface area contributed by atoms with E-state index in [1.807, 2.05) is 0 Å². The number of ether oxygens (including phenoxy) is 1. The first-order valence-corrected chi connectivity index (χ1v) is 6.85. The highest BCUT2D eigenvalue weighted by molar-refractivity contribution is 14.1. The van der Waals surface area contributed by atoms with Gasteiger partial charge in [-0.15, -0.1) is 0 Å². The third kappa shape index (κ3) is 2.69. The largest absolute Gasteiger partial charge is 0.496 e. The zero-order chi connectivity index (χ0) is 11.5. The van der Waals surface area contributed by atoms with E-state index >= 15 is 0 Å². The monoisotopic (exact) mass is 331 g/mol. The average Bonchev–Trinajstić information content (AvgIpc) is 2.65. The summed E-state index contributed by atoms with van der Waals surface area (Å²) in [6.45, 7) is 4.63. The smallest absolute Gasteiger partial charge is 0.132 e. The Morgan fingerprint density at radius 2 is 2.31 bits per heavy atom. The molecule has 0 saturated carbocycles. The molecule has 1 aromatic rings. The summed E-state index contributed by atoms with van der Waals surface area (Å²) >= 11 is 2.33. The summed E-state index contributed by atoms with van der Waals surface area (Å²) in [6.07, 6.45) is 2.68. The third-order valence-corrected chi connectivity index (χ3v) is 4.14. The van der Waals surface area contributed by atoms with Crippen LogP contribution in [0.1, 0.15) is 25.3 Å². The minimum atomic E-state index is 0.736. The Kier molecular flexibility index (Phi) is 4.08. The fourth-order valence-corrected chi connectivity index (χ4v) is 3.07. The highest BCUT2D eigenvalue weighted by atomic mass is 127. The van der Waals surface area contributed by atoms with Crippen LogP contribution >= 0.6 is 22.6 Å². The van der Waals surface area contributed by atoms with Gasteiger partial charge >= 0.3 is 0 Å². The fraction of sp³-hybridized carbons (Fsp3) is 0.538. The van der Waals surface area contributed by atoms with Crippen molar-refractivity contribution < 1.29 is 4.74 Å². The molecule has 0 aromatic heterocycles. The molecule has 1 atom stereocenters. The maximum atomic E-state index is 5.27. The lowest BCUT2D eigenvalue weighted by molar-refractivity contribution is 0.260. The summed E-state index contributed by atoms with van der Waals surface area (Å²) < 4.78 is 6.47. The van der Waals surface area contributed by atoms with Gasteiger partial charge in [0, 0.05) is 12.6 Å². The summed E-state index contributed by atoms with van der Waals surface area (Å²) in [5.74, 6) is 0.971. The van der Waals surface area contributed by atoms with E-state index in [9.17, 15) is 0 Å². The van der Waals surface area contributed by atoms with Crippen molar-refractivity contribution >= 4 is 22.6 Å². The molecule has 0 aliphatic carbocycles. The molecular weight excluding hydrogens is 313 g/mol. The second-order valence-electron chi connectivity index (χ2n) is 4.43. The van der Waals surface area contributed by atoms with Gasteiger partial charge in [0.15, 0.2) is 0 Å². The van der Waals surface area contributed by atoms with Crippen molar-refractivity contribution in [1.29, 1.82) is 0 Å². The Labute approximate surface area is 111 Å². The highest BCUT2D eigenvalue weighted by Crippen LogP contribution is 2.24. The number of methoxy groups -OCH3 is 1. The highest BCUT2D eigenvalue weighted by Gasteiger charge is 2.20. The fourth-order valence-electron chi connectivity index (χ4n) is 2.27. The Bertz CT molecular complexity index is 367. The first-order valence-electron chi connectivity index (χ1n) is 5.77. The molecule has 1 heterocycles. The third-order valence-electron chi connectivity index (χ3n) is 3.29. The first-order chi connectivity index (χ1) is 7.70. The summed E-state index contributed by atoms with van der Waals surface area (Å²) in [4.78, 5) is 2.55. The van der Waals surface area contributed by atoms with Crippen molar-refractivity contribution in [3.05, 3.63) is 27.3 Å². The molecular formula is C13H18INO. The van der Waals surface area contributed by atoms with Crippen LogP contribution in [0.25, 0.3) is 0 Å². The van der Waals surface area contributed by atoms with Gasteiger partial charge in [0.1, 0.15) is 5.75 Å². The SMILES string of the molecule is COc1ccc(CN2CCCC2C)cc1I. The molecule has 1 unspecified atom stereocenters. The standard InChI is InChI=1S/C13H18INO/c1-10-4-3-7-15(10)9-11-5-6-13(16-2)12(14)8-11/h5-6,8,10H,3-4,7,9H2,1-2H3. The molecule has 0 bridgehead atoms. The van der Waals surface area contributed by atoms with Crippen LogP contribution < -0.4 is 4.74 Å². The van der Waals surface area contributed by atoms with Crippen molar-refractivity contribution in [2.45, 2.75) is 32.4 Å². The van der Waals surface area contributed by atoms with Gasteiger partial charge in [0.05, 0.1) is 10.7 Å². The molecule has 1 aliphatic rings.